The summed E-state index contributed by atoms with van der Waals surface area (Å²) in [4.78, 5) is 18.1. The fourth-order valence-corrected chi connectivity index (χ4v) is 4.93. The van der Waals surface area contributed by atoms with Gasteiger partial charge in [-0.15, -0.1) is 0 Å². The zero-order valence-electron chi connectivity index (χ0n) is 22.3. The molecule has 0 bridgehead atoms. The number of nitrogens with one attached hydrogen (secondary N) is 2. The highest BCUT2D eigenvalue weighted by atomic mass is 79.9. The van der Waals surface area contributed by atoms with Crippen LogP contribution in [0.5, 0.6) is 11.5 Å². The van der Waals surface area contributed by atoms with Crippen molar-refractivity contribution in [3.8, 4) is 11.5 Å². The van der Waals surface area contributed by atoms with Crippen LogP contribution in [-0.2, 0) is 11.4 Å². The summed E-state index contributed by atoms with van der Waals surface area (Å²) in [5, 5.41) is 10.8. The highest BCUT2D eigenvalue weighted by Crippen LogP contribution is 2.39. The number of rotatable bonds is 8. The normalized spacial score (nSPS) is 14.4. The second-order valence-electron chi connectivity index (χ2n) is 9.42. The van der Waals surface area contributed by atoms with Crippen LogP contribution in [0.4, 0.5) is 11.6 Å². The van der Waals surface area contributed by atoms with Crippen LogP contribution in [0.2, 0.25) is 0 Å². The number of carbonyl (C=O) groups excluding carboxylic acids is 1. The molecule has 1 aliphatic rings. The maximum atomic E-state index is 13.8. The minimum atomic E-state index is -0.519. The third-order valence-electron chi connectivity index (χ3n) is 6.56. The molecule has 1 unspecified atom stereocenters. The van der Waals surface area contributed by atoms with Gasteiger partial charge in [-0.05, 0) is 74.7 Å². The van der Waals surface area contributed by atoms with Crippen LogP contribution in [0.25, 0.3) is 0 Å². The van der Waals surface area contributed by atoms with Crippen LogP contribution < -0.4 is 20.1 Å². The molecule has 5 rings (SSSR count). The van der Waals surface area contributed by atoms with E-state index < -0.39 is 6.04 Å². The molecule has 0 radical (unpaired) electrons. The molecule has 0 saturated carbocycles. The number of aryl methyl sites for hydroxylation is 2. The summed E-state index contributed by atoms with van der Waals surface area (Å²) < 4.78 is 14.8. The molecule has 0 saturated heterocycles. The zero-order valence-corrected chi connectivity index (χ0v) is 23.9. The van der Waals surface area contributed by atoms with Crippen molar-refractivity contribution < 1.29 is 14.3 Å². The molecule has 4 aromatic rings. The first-order chi connectivity index (χ1) is 18.8. The van der Waals surface area contributed by atoms with E-state index in [1.54, 1.807) is 4.68 Å². The number of hydrogen-bond donors (Lipinski definition) is 2. The van der Waals surface area contributed by atoms with E-state index in [9.17, 15) is 4.79 Å². The molecule has 2 N–H and O–H groups in total. The summed E-state index contributed by atoms with van der Waals surface area (Å²) in [6.07, 6.45) is 1.48. The second-order valence-corrected chi connectivity index (χ2v) is 10.3. The van der Waals surface area contributed by atoms with Crippen LogP contribution >= 0.6 is 15.9 Å². The molecule has 1 atom stereocenters. The number of fused-ring (bicyclic) bond motifs is 1. The van der Waals surface area contributed by atoms with Gasteiger partial charge in [0.2, 0.25) is 5.95 Å². The van der Waals surface area contributed by atoms with E-state index in [1.807, 2.05) is 88.4 Å². The summed E-state index contributed by atoms with van der Waals surface area (Å²) in [7, 11) is 0. The first-order valence-electron chi connectivity index (χ1n) is 12.7. The van der Waals surface area contributed by atoms with Gasteiger partial charge in [0.25, 0.3) is 5.91 Å². The Balaban J connectivity index is 1.49. The Morgan fingerprint density at radius 1 is 1.03 bits per heavy atom. The summed E-state index contributed by atoms with van der Waals surface area (Å²) in [6.45, 7) is 8.68. The maximum absolute atomic E-state index is 13.8. The Labute approximate surface area is 236 Å². The minimum Gasteiger partial charge on any atom is -0.490 e. The van der Waals surface area contributed by atoms with Gasteiger partial charge in [-0.1, -0.05) is 51.8 Å². The lowest BCUT2D eigenvalue weighted by molar-refractivity contribution is -0.113. The van der Waals surface area contributed by atoms with Crippen molar-refractivity contribution in [3.05, 3.63) is 105 Å². The number of allylic oxidation sites excluding steroid dienone is 1. The van der Waals surface area contributed by atoms with Crippen molar-refractivity contribution >= 4 is 33.5 Å². The maximum Gasteiger partial charge on any atom is 0.255 e. The number of benzene rings is 3. The van der Waals surface area contributed by atoms with E-state index >= 15 is 0 Å². The minimum absolute atomic E-state index is 0.216. The zero-order chi connectivity index (χ0) is 27.5. The number of nitrogens with zero attached hydrogens (tertiary/aromatic N) is 3. The van der Waals surface area contributed by atoms with Gasteiger partial charge in [0, 0.05) is 15.9 Å². The molecule has 1 aliphatic heterocycles. The SMILES string of the molecule is CCOc1cc(C2C(C(=O)Nc3ccc(C)cc3C)=C(C)Nc3ncnn32)ccc1OCc1ccc(Br)cc1. The number of anilines is 2. The van der Waals surface area contributed by atoms with E-state index in [0.717, 1.165) is 32.4 Å². The van der Waals surface area contributed by atoms with E-state index in [1.165, 1.54) is 6.33 Å². The van der Waals surface area contributed by atoms with Crippen LogP contribution in [0.1, 0.15) is 42.1 Å². The van der Waals surface area contributed by atoms with Gasteiger partial charge < -0.3 is 20.1 Å². The Bertz CT molecular complexity index is 1540. The number of halogens is 1. The van der Waals surface area contributed by atoms with Crippen LogP contribution in [0.3, 0.4) is 0 Å². The summed E-state index contributed by atoms with van der Waals surface area (Å²) >= 11 is 3.46. The number of aromatic nitrogens is 3. The number of amides is 1. The van der Waals surface area contributed by atoms with E-state index in [0.29, 0.717) is 41.9 Å². The quantitative estimate of drug-likeness (QED) is 0.242. The third-order valence-corrected chi connectivity index (χ3v) is 7.09. The van der Waals surface area contributed by atoms with Gasteiger partial charge in [-0.3, -0.25) is 4.79 Å². The predicted molar refractivity (Wildman–Crippen MR) is 155 cm³/mol. The smallest absolute Gasteiger partial charge is 0.255 e. The largest absolute Gasteiger partial charge is 0.490 e. The molecule has 9 heteroatoms. The number of hydrogen-bond acceptors (Lipinski definition) is 6. The Kier molecular flexibility index (Phi) is 7.70. The van der Waals surface area contributed by atoms with Crippen molar-refractivity contribution in [2.45, 2.75) is 40.3 Å². The molecule has 1 aromatic heterocycles. The lowest BCUT2D eigenvalue weighted by Gasteiger charge is -2.29. The molecule has 8 nitrogen and oxygen atoms in total. The predicted octanol–water partition coefficient (Wildman–Crippen LogP) is 6.56. The van der Waals surface area contributed by atoms with Gasteiger partial charge in [-0.2, -0.15) is 10.1 Å². The topological polar surface area (TPSA) is 90.3 Å². The van der Waals surface area contributed by atoms with Crippen LogP contribution in [0, 0.1) is 13.8 Å². The molecule has 2 heterocycles. The summed E-state index contributed by atoms with van der Waals surface area (Å²) in [6, 6.07) is 19.2. The van der Waals surface area contributed by atoms with E-state index in [-0.39, 0.29) is 5.91 Å². The molecule has 200 valence electrons. The second kappa shape index (κ2) is 11.3. The third kappa shape index (κ3) is 5.68. The molecule has 3 aromatic carbocycles. The first kappa shape index (κ1) is 26.5. The fourth-order valence-electron chi connectivity index (χ4n) is 4.66. The fraction of sp³-hybridized carbons (Fsp3) is 0.233. The van der Waals surface area contributed by atoms with Gasteiger partial charge in [-0.25, -0.2) is 4.68 Å². The Hall–Kier alpha value is -4.11. The molecule has 0 fully saturated rings. The van der Waals surface area contributed by atoms with Crippen molar-refractivity contribution in [2.24, 2.45) is 0 Å². The van der Waals surface area contributed by atoms with Gasteiger partial charge >= 0.3 is 0 Å². The van der Waals surface area contributed by atoms with Crippen molar-refractivity contribution in [1.29, 1.82) is 0 Å². The molecule has 0 spiro atoms. The van der Waals surface area contributed by atoms with Crippen molar-refractivity contribution in [1.82, 2.24) is 14.8 Å². The Morgan fingerprint density at radius 3 is 2.56 bits per heavy atom. The van der Waals surface area contributed by atoms with Gasteiger partial charge in [0.1, 0.15) is 19.0 Å². The first-order valence-corrected chi connectivity index (χ1v) is 13.5. The van der Waals surface area contributed by atoms with Crippen LogP contribution in [0.15, 0.2) is 82.7 Å². The highest BCUT2D eigenvalue weighted by molar-refractivity contribution is 9.10. The van der Waals surface area contributed by atoms with Crippen molar-refractivity contribution in [2.75, 3.05) is 17.2 Å². The molecule has 0 aliphatic carbocycles. The van der Waals surface area contributed by atoms with E-state index in [2.05, 4.69) is 36.6 Å². The average Bonchev–Trinajstić information content (AvgIpc) is 3.38. The van der Waals surface area contributed by atoms with Crippen LogP contribution in [-0.4, -0.2) is 27.3 Å². The number of ether oxygens (including phenoxy) is 2. The Morgan fingerprint density at radius 2 is 1.82 bits per heavy atom. The molecular formula is C30H30BrN5O3. The van der Waals surface area contributed by atoms with Gasteiger partial charge in [0.15, 0.2) is 11.5 Å². The van der Waals surface area contributed by atoms with Crippen molar-refractivity contribution in [3.63, 3.8) is 0 Å². The molecule has 1 amide bonds. The number of carbonyl (C=O) groups is 1. The summed E-state index contributed by atoms with van der Waals surface area (Å²) in [5.74, 6) is 1.57. The highest BCUT2D eigenvalue weighted by Gasteiger charge is 2.34. The lowest BCUT2D eigenvalue weighted by Crippen LogP contribution is -2.31. The standard InChI is InChI=1S/C30H30BrN5O3/c1-5-38-26-15-22(9-13-25(26)39-16-21-7-10-23(31)11-8-21)28-27(20(4)34-30-32-17-33-36(28)30)29(37)35-24-12-6-18(2)14-19(24)3/h6-15,17,28H,5,16H2,1-4H3,(H,35,37)(H,32,33,34). The lowest BCUT2D eigenvalue weighted by atomic mass is 9.94. The average molecular weight is 589 g/mol. The monoisotopic (exact) mass is 587 g/mol. The summed E-state index contributed by atoms with van der Waals surface area (Å²) in [5.41, 5.74) is 6.01. The van der Waals surface area contributed by atoms with E-state index in [4.69, 9.17) is 9.47 Å². The molecular weight excluding hydrogens is 558 g/mol. The van der Waals surface area contributed by atoms with Gasteiger partial charge in [0.05, 0.1) is 12.2 Å². The molecule has 39 heavy (non-hydrogen) atoms.